The molecule has 4 nitrogen and oxygen atoms in total. The molecule has 0 fully saturated rings. The van der Waals surface area contributed by atoms with E-state index < -0.39 is 5.97 Å². The lowest BCUT2D eigenvalue weighted by Gasteiger charge is -2.09. The molecular formula is C13H15ClO4. The van der Waals surface area contributed by atoms with E-state index in [1.165, 1.54) is 13.2 Å². The molecule has 0 amide bonds. The number of alkyl halides is 1. The van der Waals surface area contributed by atoms with Gasteiger partial charge in [-0.2, -0.15) is 0 Å². The van der Waals surface area contributed by atoms with Crippen LogP contribution in [0.2, 0.25) is 0 Å². The quantitative estimate of drug-likeness (QED) is 0.453. The van der Waals surface area contributed by atoms with Gasteiger partial charge in [0.05, 0.1) is 19.3 Å². The highest BCUT2D eigenvalue weighted by atomic mass is 35.5. The Bertz CT molecular complexity index is 443. The predicted molar refractivity (Wildman–Crippen MR) is 68.6 cm³/mol. The smallest absolute Gasteiger partial charge is 0.338 e. The molecule has 1 rings (SSSR count). The van der Waals surface area contributed by atoms with E-state index in [4.69, 9.17) is 21.1 Å². The number of ketones is 1. The van der Waals surface area contributed by atoms with Gasteiger partial charge in [-0.1, -0.05) is 0 Å². The number of rotatable bonds is 6. The molecule has 0 saturated heterocycles. The number of benzene rings is 1. The summed E-state index contributed by atoms with van der Waals surface area (Å²) in [5, 5.41) is 0. The molecule has 0 saturated carbocycles. The Kier molecular flexibility index (Phi) is 5.65. The number of carbonyl (C=O) groups excluding carboxylic acids is 2. The first-order chi connectivity index (χ1) is 8.63. The van der Waals surface area contributed by atoms with Crippen molar-refractivity contribution in [3.63, 3.8) is 0 Å². The zero-order chi connectivity index (χ0) is 13.5. The van der Waals surface area contributed by atoms with Crippen LogP contribution < -0.4 is 4.74 Å². The summed E-state index contributed by atoms with van der Waals surface area (Å²) < 4.78 is 9.95. The van der Waals surface area contributed by atoms with Gasteiger partial charge >= 0.3 is 5.97 Å². The highest BCUT2D eigenvalue weighted by molar-refractivity contribution is 6.20. The summed E-state index contributed by atoms with van der Waals surface area (Å²) in [5.41, 5.74) is 0.529. The standard InChI is InChI=1S/C13H15ClO4/c1-3-18-13(16)11-8-9(17-2)4-5-10(11)12(15)6-7-14/h4-5,8H,3,6-7H2,1-2H3. The van der Waals surface area contributed by atoms with E-state index in [0.717, 1.165) is 0 Å². The number of carbonyl (C=O) groups is 2. The number of esters is 1. The van der Waals surface area contributed by atoms with E-state index in [1.54, 1.807) is 19.1 Å². The van der Waals surface area contributed by atoms with Crippen molar-refractivity contribution in [1.82, 2.24) is 0 Å². The first kappa shape index (κ1) is 14.5. The van der Waals surface area contributed by atoms with Crippen LogP contribution in [0.1, 0.15) is 34.1 Å². The van der Waals surface area contributed by atoms with Crippen LogP contribution >= 0.6 is 11.6 Å². The Balaban J connectivity index is 3.15. The Labute approximate surface area is 111 Å². The summed E-state index contributed by atoms with van der Waals surface area (Å²) in [5.74, 6) is -0.00172. The summed E-state index contributed by atoms with van der Waals surface area (Å²) in [6.07, 6.45) is 0.181. The number of halogens is 1. The van der Waals surface area contributed by atoms with Crippen LogP contribution in [0, 0.1) is 0 Å². The first-order valence-corrected chi connectivity index (χ1v) is 6.11. The SMILES string of the molecule is CCOC(=O)c1cc(OC)ccc1C(=O)CCCl. The zero-order valence-electron chi connectivity index (χ0n) is 10.4. The topological polar surface area (TPSA) is 52.6 Å². The van der Waals surface area contributed by atoms with E-state index in [2.05, 4.69) is 0 Å². The molecule has 0 aliphatic heterocycles. The minimum Gasteiger partial charge on any atom is -0.497 e. The summed E-state index contributed by atoms with van der Waals surface area (Å²) >= 11 is 5.54. The average molecular weight is 271 g/mol. The molecule has 98 valence electrons. The molecule has 0 heterocycles. The number of Topliss-reactive ketones (excluding diaryl/α,β-unsaturated/α-hetero) is 1. The van der Waals surface area contributed by atoms with Crippen LogP contribution in [0.25, 0.3) is 0 Å². The van der Waals surface area contributed by atoms with Crippen LogP contribution in [0.4, 0.5) is 0 Å². The summed E-state index contributed by atoms with van der Waals surface area (Å²) in [7, 11) is 1.49. The van der Waals surface area contributed by atoms with E-state index in [1.807, 2.05) is 0 Å². The van der Waals surface area contributed by atoms with Gasteiger partial charge in [0.2, 0.25) is 0 Å². The van der Waals surface area contributed by atoms with Crippen LogP contribution in [0.5, 0.6) is 5.75 Å². The molecule has 0 aliphatic rings. The van der Waals surface area contributed by atoms with Crippen LogP contribution in [-0.2, 0) is 4.74 Å². The largest absolute Gasteiger partial charge is 0.497 e. The van der Waals surface area contributed by atoms with Gasteiger partial charge in [-0.05, 0) is 25.1 Å². The maximum atomic E-state index is 11.8. The minimum atomic E-state index is -0.533. The summed E-state index contributed by atoms with van der Waals surface area (Å²) in [6, 6.07) is 4.68. The van der Waals surface area contributed by atoms with Crippen LogP contribution in [-0.4, -0.2) is 31.3 Å². The lowest BCUT2D eigenvalue weighted by Crippen LogP contribution is -2.12. The Morgan fingerprint density at radius 3 is 2.56 bits per heavy atom. The summed E-state index contributed by atoms with van der Waals surface area (Å²) in [6.45, 7) is 1.96. The molecule has 0 bridgehead atoms. The van der Waals surface area contributed by atoms with E-state index in [9.17, 15) is 9.59 Å². The van der Waals surface area contributed by atoms with E-state index in [0.29, 0.717) is 11.3 Å². The molecule has 18 heavy (non-hydrogen) atoms. The molecule has 0 radical (unpaired) electrons. The fourth-order valence-corrected chi connectivity index (χ4v) is 1.66. The highest BCUT2D eigenvalue weighted by Crippen LogP contribution is 2.20. The number of hydrogen-bond donors (Lipinski definition) is 0. The van der Waals surface area contributed by atoms with Gasteiger partial charge < -0.3 is 9.47 Å². The number of methoxy groups -OCH3 is 1. The second-order valence-electron chi connectivity index (χ2n) is 3.49. The molecule has 0 atom stereocenters. The van der Waals surface area contributed by atoms with Crippen molar-refractivity contribution in [2.45, 2.75) is 13.3 Å². The molecule has 5 heteroatoms. The second-order valence-corrected chi connectivity index (χ2v) is 3.87. The Morgan fingerprint density at radius 1 is 1.28 bits per heavy atom. The molecule has 0 aromatic heterocycles. The third-order valence-corrected chi connectivity index (χ3v) is 2.53. The van der Waals surface area contributed by atoms with Gasteiger partial charge in [-0.3, -0.25) is 4.79 Å². The summed E-state index contributed by atoms with van der Waals surface area (Å²) in [4.78, 5) is 23.6. The van der Waals surface area contributed by atoms with Crippen LogP contribution in [0.3, 0.4) is 0 Å². The Morgan fingerprint density at radius 2 is 2.00 bits per heavy atom. The second kappa shape index (κ2) is 7.01. The molecule has 0 unspecified atom stereocenters. The fourth-order valence-electron chi connectivity index (χ4n) is 1.49. The molecule has 0 aliphatic carbocycles. The molecule has 0 spiro atoms. The fraction of sp³-hybridized carbons (Fsp3) is 0.385. The molecular weight excluding hydrogens is 256 g/mol. The van der Waals surface area contributed by atoms with Crippen molar-refractivity contribution >= 4 is 23.4 Å². The monoisotopic (exact) mass is 270 g/mol. The maximum Gasteiger partial charge on any atom is 0.338 e. The Hall–Kier alpha value is -1.55. The van der Waals surface area contributed by atoms with Gasteiger partial charge in [0.15, 0.2) is 5.78 Å². The average Bonchev–Trinajstić information content (AvgIpc) is 2.38. The number of hydrogen-bond acceptors (Lipinski definition) is 4. The lowest BCUT2D eigenvalue weighted by molar-refractivity contribution is 0.0522. The van der Waals surface area contributed by atoms with Gasteiger partial charge in [0, 0.05) is 17.9 Å². The van der Waals surface area contributed by atoms with E-state index >= 15 is 0 Å². The zero-order valence-corrected chi connectivity index (χ0v) is 11.1. The van der Waals surface area contributed by atoms with Gasteiger partial charge in [-0.15, -0.1) is 11.6 Å². The lowest BCUT2D eigenvalue weighted by atomic mass is 10.0. The highest BCUT2D eigenvalue weighted by Gasteiger charge is 2.18. The molecule has 1 aromatic rings. The van der Waals surface area contributed by atoms with E-state index in [-0.39, 0.29) is 30.3 Å². The first-order valence-electron chi connectivity index (χ1n) is 5.58. The van der Waals surface area contributed by atoms with Crippen molar-refractivity contribution in [3.05, 3.63) is 29.3 Å². The third-order valence-electron chi connectivity index (χ3n) is 2.34. The molecule has 1 aromatic carbocycles. The molecule has 0 N–H and O–H groups in total. The van der Waals surface area contributed by atoms with Gasteiger partial charge in [0.1, 0.15) is 5.75 Å². The minimum absolute atomic E-state index is 0.181. The van der Waals surface area contributed by atoms with Crippen molar-refractivity contribution < 1.29 is 19.1 Å². The van der Waals surface area contributed by atoms with Crippen LogP contribution in [0.15, 0.2) is 18.2 Å². The third kappa shape index (κ3) is 3.47. The maximum absolute atomic E-state index is 11.8. The number of ether oxygens (including phenoxy) is 2. The van der Waals surface area contributed by atoms with Crippen molar-refractivity contribution in [1.29, 1.82) is 0 Å². The van der Waals surface area contributed by atoms with Crippen molar-refractivity contribution in [2.24, 2.45) is 0 Å². The van der Waals surface area contributed by atoms with Gasteiger partial charge in [-0.25, -0.2) is 4.79 Å². The van der Waals surface area contributed by atoms with Gasteiger partial charge in [0.25, 0.3) is 0 Å². The van der Waals surface area contributed by atoms with Crippen molar-refractivity contribution in [3.8, 4) is 5.75 Å². The predicted octanol–water partition coefficient (Wildman–Crippen LogP) is 2.68. The van der Waals surface area contributed by atoms with Crippen molar-refractivity contribution in [2.75, 3.05) is 19.6 Å². The normalized spacial score (nSPS) is 9.94.